The van der Waals surface area contributed by atoms with Crippen molar-refractivity contribution in [3.05, 3.63) is 0 Å². The van der Waals surface area contributed by atoms with Gasteiger partial charge in [0.2, 0.25) is 0 Å². The fourth-order valence-corrected chi connectivity index (χ4v) is 1.27. The van der Waals surface area contributed by atoms with Crippen LogP contribution in [0.25, 0.3) is 0 Å². The van der Waals surface area contributed by atoms with E-state index in [0.29, 0.717) is 0 Å². The van der Waals surface area contributed by atoms with Crippen LogP contribution in [0.1, 0.15) is 41.5 Å². The largest absolute Gasteiger partial charge is 0.305 e. The van der Waals surface area contributed by atoms with Crippen molar-refractivity contribution in [3.8, 4) is 0 Å². The molecule has 2 nitrogen and oxygen atoms in total. The number of carbonyl (C=O) groups is 1. The molecule has 1 N–H and O–H groups in total. The number of carbonyl (C=O) groups excluding carboxylic acids is 1. The molecule has 0 amide bonds. The Kier molecular flexibility index (Phi) is 3.45. The second kappa shape index (κ2) is 3.56. The van der Waals surface area contributed by atoms with Gasteiger partial charge >= 0.3 is 0 Å². The van der Waals surface area contributed by atoms with E-state index < -0.39 is 5.54 Å². The van der Waals surface area contributed by atoms with Crippen molar-refractivity contribution in [2.75, 3.05) is 6.54 Å². The monoisotopic (exact) mass is 171 g/mol. The van der Waals surface area contributed by atoms with Crippen LogP contribution in [-0.4, -0.2) is 17.9 Å². The van der Waals surface area contributed by atoms with E-state index in [1.807, 2.05) is 13.8 Å². The predicted octanol–water partition coefficient (Wildman–Crippen LogP) is 1.99. The Balaban J connectivity index is 4.75. The summed E-state index contributed by atoms with van der Waals surface area (Å²) < 4.78 is 0. The number of rotatable bonds is 3. The van der Waals surface area contributed by atoms with Crippen LogP contribution in [0.3, 0.4) is 0 Å². The van der Waals surface area contributed by atoms with Gasteiger partial charge in [0.25, 0.3) is 0 Å². The maximum absolute atomic E-state index is 11.4. The summed E-state index contributed by atoms with van der Waals surface area (Å²) in [7, 11) is 0. The van der Waals surface area contributed by atoms with Crippen molar-refractivity contribution in [1.29, 1.82) is 0 Å². The molecule has 72 valence electrons. The number of hydrogen-bond acceptors (Lipinski definition) is 2. The molecule has 0 heterocycles. The fourth-order valence-electron chi connectivity index (χ4n) is 1.27. The van der Waals surface area contributed by atoms with E-state index in [9.17, 15) is 4.79 Å². The molecule has 1 atom stereocenters. The Morgan fingerprint density at radius 1 is 1.25 bits per heavy atom. The Labute approximate surface area is 75.7 Å². The minimum Gasteiger partial charge on any atom is -0.305 e. The average Bonchev–Trinajstić information content (AvgIpc) is 1.85. The van der Waals surface area contributed by atoms with E-state index in [1.54, 1.807) is 6.92 Å². The maximum Gasteiger partial charge on any atom is 0.150 e. The molecule has 0 aromatic carbocycles. The Bertz CT molecular complexity index is 169. The Morgan fingerprint density at radius 3 is 1.75 bits per heavy atom. The van der Waals surface area contributed by atoms with Gasteiger partial charge in [-0.1, -0.05) is 27.7 Å². The lowest BCUT2D eigenvalue weighted by Crippen LogP contribution is -2.57. The summed E-state index contributed by atoms with van der Waals surface area (Å²) in [6.07, 6.45) is 0. The smallest absolute Gasteiger partial charge is 0.150 e. The normalized spacial score (nSPS) is 17.2. The van der Waals surface area contributed by atoms with Gasteiger partial charge in [0, 0.05) is 0 Å². The molecule has 0 aliphatic heterocycles. The molecular formula is C10H21NO. The Morgan fingerprint density at radius 2 is 1.67 bits per heavy atom. The summed E-state index contributed by atoms with van der Waals surface area (Å²) in [5, 5.41) is 3.25. The first-order valence-electron chi connectivity index (χ1n) is 4.51. The summed E-state index contributed by atoms with van der Waals surface area (Å²) in [6, 6.07) is 0. The van der Waals surface area contributed by atoms with Gasteiger partial charge in [-0.15, -0.1) is 0 Å². The SMILES string of the molecule is CCN[C@@](C)(C(C)=O)C(C)(C)C. The van der Waals surface area contributed by atoms with Crippen LogP contribution in [0, 0.1) is 5.41 Å². The van der Waals surface area contributed by atoms with Crippen LogP contribution in [0.4, 0.5) is 0 Å². The van der Waals surface area contributed by atoms with Crippen LogP contribution < -0.4 is 5.32 Å². The Hall–Kier alpha value is -0.370. The molecule has 0 spiro atoms. The minimum atomic E-state index is -0.401. The number of likely N-dealkylation sites (N-methyl/N-ethyl adjacent to an activating group) is 1. The van der Waals surface area contributed by atoms with Crippen LogP contribution in [0.15, 0.2) is 0 Å². The van der Waals surface area contributed by atoms with E-state index in [0.717, 1.165) is 6.54 Å². The van der Waals surface area contributed by atoms with Crippen molar-refractivity contribution in [2.45, 2.75) is 47.1 Å². The van der Waals surface area contributed by atoms with Gasteiger partial charge in [-0.2, -0.15) is 0 Å². The van der Waals surface area contributed by atoms with Crippen LogP contribution >= 0.6 is 0 Å². The van der Waals surface area contributed by atoms with Crippen LogP contribution in [0.5, 0.6) is 0 Å². The lowest BCUT2D eigenvalue weighted by molar-refractivity contribution is -0.126. The molecule has 0 rings (SSSR count). The molecule has 12 heavy (non-hydrogen) atoms. The summed E-state index contributed by atoms with van der Waals surface area (Å²) in [6.45, 7) is 12.7. The molecule has 2 heteroatoms. The molecule has 0 radical (unpaired) electrons. The van der Waals surface area contributed by atoms with Gasteiger partial charge in [0.1, 0.15) is 5.78 Å². The van der Waals surface area contributed by atoms with E-state index in [-0.39, 0.29) is 11.2 Å². The molecular weight excluding hydrogens is 150 g/mol. The van der Waals surface area contributed by atoms with Gasteiger partial charge < -0.3 is 5.32 Å². The van der Waals surface area contributed by atoms with Crippen LogP contribution in [0.2, 0.25) is 0 Å². The van der Waals surface area contributed by atoms with Gasteiger partial charge in [0.15, 0.2) is 0 Å². The topological polar surface area (TPSA) is 29.1 Å². The highest BCUT2D eigenvalue weighted by Gasteiger charge is 2.40. The second-order valence-corrected chi connectivity index (χ2v) is 4.46. The van der Waals surface area contributed by atoms with Gasteiger partial charge in [0.05, 0.1) is 5.54 Å². The molecule has 0 aromatic heterocycles. The van der Waals surface area contributed by atoms with Gasteiger partial charge in [-0.25, -0.2) is 0 Å². The van der Waals surface area contributed by atoms with Crippen molar-refractivity contribution in [3.63, 3.8) is 0 Å². The van der Waals surface area contributed by atoms with E-state index in [2.05, 4.69) is 26.1 Å². The minimum absolute atomic E-state index is 0.0329. The average molecular weight is 171 g/mol. The molecule has 0 bridgehead atoms. The van der Waals surface area contributed by atoms with E-state index >= 15 is 0 Å². The number of nitrogens with one attached hydrogen (secondary N) is 1. The molecule has 0 fully saturated rings. The summed E-state index contributed by atoms with van der Waals surface area (Å²) in [4.78, 5) is 11.4. The number of hydrogen-bond donors (Lipinski definition) is 1. The zero-order chi connectivity index (χ0) is 9.99. The van der Waals surface area contributed by atoms with Gasteiger partial charge in [-0.05, 0) is 25.8 Å². The van der Waals surface area contributed by atoms with Crippen molar-refractivity contribution in [2.24, 2.45) is 5.41 Å². The van der Waals surface area contributed by atoms with E-state index in [4.69, 9.17) is 0 Å². The third-order valence-electron chi connectivity index (χ3n) is 2.73. The van der Waals surface area contributed by atoms with Crippen LogP contribution in [-0.2, 0) is 4.79 Å². The first-order valence-corrected chi connectivity index (χ1v) is 4.51. The first-order chi connectivity index (χ1) is 5.25. The zero-order valence-corrected chi connectivity index (χ0v) is 9.12. The maximum atomic E-state index is 11.4. The summed E-state index contributed by atoms with van der Waals surface area (Å²) >= 11 is 0. The molecule has 0 unspecified atom stereocenters. The lowest BCUT2D eigenvalue weighted by atomic mass is 9.72. The van der Waals surface area contributed by atoms with Crippen molar-refractivity contribution >= 4 is 5.78 Å². The molecule has 0 aromatic rings. The fraction of sp³-hybridized carbons (Fsp3) is 0.900. The highest BCUT2D eigenvalue weighted by Crippen LogP contribution is 2.30. The number of ketones is 1. The predicted molar refractivity (Wildman–Crippen MR) is 52.2 cm³/mol. The summed E-state index contributed by atoms with van der Waals surface area (Å²) in [5.41, 5.74) is -0.434. The third-order valence-corrected chi connectivity index (χ3v) is 2.73. The number of Topliss-reactive ketones (excluding diaryl/α,β-unsaturated/α-hetero) is 1. The van der Waals surface area contributed by atoms with Crippen molar-refractivity contribution in [1.82, 2.24) is 5.32 Å². The molecule has 0 saturated heterocycles. The zero-order valence-electron chi connectivity index (χ0n) is 9.12. The van der Waals surface area contributed by atoms with E-state index in [1.165, 1.54) is 0 Å². The highest BCUT2D eigenvalue weighted by atomic mass is 16.1. The second-order valence-electron chi connectivity index (χ2n) is 4.46. The first kappa shape index (κ1) is 11.6. The molecule has 0 saturated carbocycles. The lowest BCUT2D eigenvalue weighted by Gasteiger charge is -2.40. The molecule has 0 aliphatic rings. The molecule has 0 aliphatic carbocycles. The highest BCUT2D eigenvalue weighted by molar-refractivity contribution is 5.86. The third kappa shape index (κ3) is 2.07. The standard InChI is InChI=1S/C10H21NO/c1-7-11-10(6,8(2)12)9(3,4)5/h11H,7H2,1-6H3/t10-/m0/s1. The van der Waals surface area contributed by atoms with Gasteiger partial charge in [-0.3, -0.25) is 4.79 Å². The van der Waals surface area contributed by atoms with Crippen molar-refractivity contribution < 1.29 is 4.79 Å². The summed E-state index contributed by atoms with van der Waals surface area (Å²) in [5.74, 6) is 0.205. The quantitative estimate of drug-likeness (QED) is 0.703.